The zero-order chi connectivity index (χ0) is 27.0. The Balaban J connectivity index is 1.54. The van der Waals surface area contributed by atoms with Crippen LogP contribution in [0.3, 0.4) is 0 Å². The van der Waals surface area contributed by atoms with Gasteiger partial charge in [-0.15, -0.1) is 0 Å². The number of pyridine rings is 1. The molecule has 1 aromatic heterocycles. The molecule has 2 aromatic carbocycles. The van der Waals surface area contributed by atoms with Gasteiger partial charge in [0.1, 0.15) is 29.6 Å². The number of aromatic nitrogens is 1. The summed E-state index contributed by atoms with van der Waals surface area (Å²) in [6, 6.07) is 9.47. The number of rotatable bonds is 6. The van der Waals surface area contributed by atoms with E-state index in [0.29, 0.717) is 25.1 Å². The zero-order valence-corrected chi connectivity index (χ0v) is 20.1. The number of hydrogen-bond donors (Lipinski definition) is 2. The quantitative estimate of drug-likeness (QED) is 0.514. The Morgan fingerprint density at radius 2 is 1.82 bits per heavy atom. The molecule has 2 bridgehead atoms. The standard InChI is InChI=1S/C27H24F3N3O5/c28-16-8-21(29)19(22(30)9-16)11-31-26(36)20-13-33-17-10-18(34)6-7-32(12-17)27(37)23(33)25(24(20)35)38-14-15-4-2-1-3-5-15/h1-5,8-9,13,17-18,34H,6-7,10-12,14H2,(H,31,36)/t17-,18-/m0/s1. The monoisotopic (exact) mass is 527 g/mol. The maximum atomic E-state index is 14.1. The summed E-state index contributed by atoms with van der Waals surface area (Å²) in [5.41, 5.74) is -1.14. The second-order valence-corrected chi connectivity index (χ2v) is 9.35. The van der Waals surface area contributed by atoms with E-state index in [1.54, 1.807) is 29.2 Å². The van der Waals surface area contributed by atoms with Gasteiger partial charge in [0, 0.05) is 43.5 Å². The molecule has 3 heterocycles. The molecule has 2 aliphatic rings. The van der Waals surface area contributed by atoms with E-state index in [2.05, 4.69) is 5.32 Å². The van der Waals surface area contributed by atoms with Crippen LogP contribution in [0.4, 0.5) is 13.2 Å². The highest BCUT2D eigenvalue weighted by Crippen LogP contribution is 2.33. The summed E-state index contributed by atoms with van der Waals surface area (Å²) in [6.07, 6.45) is 1.17. The Labute approximate surface area is 215 Å². The van der Waals surface area contributed by atoms with Crippen LogP contribution in [0.1, 0.15) is 50.9 Å². The number of carbonyl (C=O) groups is 2. The van der Waals surface area contributed by atoms with Crippen molar-refractivity contribution in [2.24, 2.45) is 0 Å². The first-order valence-corrected chi connectivity index (χ1v) is 12.1. The highest BCUT2D eigenvalue weighted by Gasteiger charge is 2.38. The van der Waals surface area contributed by atoms with E-state index in [-0.39, 0.29) is 31.0 Å². The van der Waals surface area contributed by atoms with Crippen molar-refractivity contribution < 1.29 is 32.6 Å². The number of aliphatic hydroxyl groups is 1. The van der Waals surface area contributed by atoms with Crippen LogP contribution < -0.4 is 15.5 Å². The number of nitrogens with zero attached hydrogens (tertiary/aromatic N) is 2. The maximum Gasteiger partial charge on any atom is 0.274 e. The van der Waals surface area contributed by atoms with Crippen molar-refractivity contribution in [3.63, 3.8) is 0 Å². The van der Waals surface area contributed by atoms with E-state index < -0.39 is 64.5 Å². The van der Waals surface area contributed by atoms with Crippen molar-refractivity contribution in [2.75, 3.05) is 13.1 Å². The predicted octanol–water partition coefficient (Wildman–Crippen LogP) is 2.93. The Kier molecular flexibility index (Phi) is 6.94. The number of hydrogen-bond acceptors (Lipinski definition) is 5. The fourth-order valence-electron chi connectivity index (χ4n) is 4.83. The lowest BCUT2D eigenvalue weighted by Crippen LogP contribution is -2.44. The number of nitrogens with one attached hydrogen (secondary N) is 1. The van der Waals surface area contributed by atoms with E-state index >= 15 is 0 Å². The van der Waals surface area contributed by atoms with Gasteiger partial charge in [0.2, 0.25) is 5.43 Å². The molecule has 0 unspecified atom stereocenters. The van der Waals surface area contributed by atoms with Crippen LogP contribution in [-0.2, 0) is 13.2 Å². The molecule has 0 radical (unpaired) electrons. The van der Waals surface area contributed by atoms with Crippen LogP contribution in [0.5, 0.6) is 5.75 Å². The maximum absolute atomic E-state index is 14.1. The molecule has 1 saturated heterocycles. The smallest absolute Gasteiger partial charge is 0.274 e. The summed E-state index contributed by atoms with van der Waals surface area (Å²) in [5.74, 6) is -5.21. The van der Waals surface area contributed by atoms with Crippen molar-refractivity contribution in [3.05, 3.63) is 98.7 Å². The van der Waals surface area contributed by atoms with Gasteiger partial charge in [-0.05, 0) is 18.4 Å². The summed E-state index contributed by atoms with van der Waals surface area (Å²) in [5, 5.41) is 12.7. The first kappa shape index (κ1) is 25.5. The molecule has 0 saturated carbocycles. The second-order valence-electron chi connectivity index (χ2n) is 9.35. The largest absolute Gasteiger partial charge is 0.483 e. The van der Waals surface area contributed by atoms with Crippen LogP contribution in [-0.4, -0.2) is 45.6 Å². The number of benzene rings is 2. The molecule has 11 heteroatoms. The number of carbonyl (C=O) groups excluding carboxylic acids is 2. The molecule has 2 amide bonds. The van der Waals surface area contributed by atoms with Crippen molar-refractivity contribution >= 4 is 11.8 Å². The number of ether oxygens (including phenoxy) is 1. The van der Waals surface area contributed by atoms with E-state index in [4.69, 9.17) is 4.74 Å². The van der Waals surface area contributed by atoms with E-state index in [0.717, 1.165) is 5.56 Å². The zero-order valence-electron chi connectivity index (χ0n) is 20.1. The molecule has 2 aliphatic heterocycles. The minimum Gasteiger partial charge on any atom is -0.483 e. The molecule has 1 fully saturated rings. The lowest BCUT2D eigenvalue weighted by molar-refractivity contribution is 0.0673. The van der Waals surface area contributed by atoms with E-state index in [9.17, 15) is 32.7 Å². The first-order chi connectivity index (χ1) is 18.2. The van der Waals surface area contributed by atoms with Gasteiger partial charge in [0.25, 0.3) is 11.8 Å². The van der Waals surface area contributed by atoms with Gasteiger partial charge in [-0.25, -0.2) is 13.2 Å². The molecule has 8 nitrogen and oxygen atoms in total. The minimum absolute atomic E-state index is 0.0246. The van der Waals surface area contributed by atoms with Gasteiger partial charge >= 0.3 is 0 Å². The van der Waals surface area contributed by atoms with Gasteiger partial charge in [0.05, 0.1) is 12.1 Å². The third kappa shape index (κ3) is 4.89. The average Bonchev–Trinajstić information content (AvgIpc) is 3.06. The van der Waals surface area contributed by atoms with Gasteiger partial charge in [-0.1, -0.05) is 30.3 Å². The lowest BCUT2D eigenvalue weighted by atomic mass is 10.0. The van der Waals surface area contributed by atoms with Crippen molar-refractivity contribution in [1.29, 1.82) is 0 Å². The highest BCUT2D eigenvalue weighted by atomic mass is 19.1. The number of halogens is 3. The molecule has 0 aliphatic carbocycles. The van der Waals surface area contributed by atoms with Crippen molar-refractivity contribution in [3.8, 4) is 5.75 Å². The SMILES string of the molecule is O=C(NCc1c(F)cc(F)cc1F)c1cn2c(c(OCc3ccccc3)c1=O)C(=O)N1CC[C@H](O)C[C@H]2C1. The first-order valence-electron chi connectivity index (χ1n) is 12.1. The van der Waals surface area contributed by atoms with Crippen LogP contribution in [0.15, 0.2) is 53.5 Å². The summed E-state index contributed by atoms with van der Waals surface area (Å²) in [7, 11) is 0. The van der Waals surface area contributed by atoms with Crippen LogP contribution >= 0.6 is 0 Å². The highest BCUT2D eigenvalue weighted by molar-refractivity contribution is 5.99. The molecule has 3 aromatic rings. The Morgan fingerprint density at radius 1 is 1.11 bits per heavy atom. The van der Waals surface area contributed by atoms with Crippen molar-refractivity contribution in [2.45, 2.75) is 38.1 Å². The molecule has 5 rings (SSSR count). The van der Waals surface area contributed by atoms with Gasteiger partial charge in [-0.3, -0.25) is 14.4 Å². The summed E-state index contributed by atoms with van der Waals surface area (Å²) in [4.78, 5) is 41.5. The Hall–Kier alpha value is -4.12. The Morgan fingerprint density at radius 3 is 2.53 bits per heavy atom. The number of amides is 2. The minimum atomic E-state index is -1.19. The van der Waals surface area contributed by atoms with Gasteiger partial charge < -0.3 is 24.6 Å². The van der Waals surface area contributed by atoms with Crippen LogP contribution in [0.25, 0.3) is 0 Å². The molecule has 2 atom stereocenters. The summed E-state index contributed by atoms with van der Waals surface area (Å²) < 4.78 is 48.7. The summed E-state index contributed by atoms with van der Waals surface area (Å²) in [6.45, 7) is -0.120. The number of aliphatic hydroxyl groups excluding tert-OH is 1. The normalized spacial score (nSPS) is 18.5. The van der Waals surface area contributed by atoms with Crippen molar-refractivity contribution in [1.82, 2.24) is 14.8 Å². The molecular formula is C27H24F3N3O5. The third-order valence-electron chi connectivity index (χ3n) is 6.79. The van der Waals surface area contributed by atoms with E-state index in [1.165, 1.54) is 10.8 Å². The fraction of sp³-hybridized carbons (Fsp3) is 0.296. The fourth-order valence-corrected chi connectivity index (χ4v) is 4.83. The Bertz CT molecular complexity index is 1440. The van der Waals surface area contributed by atoms with Gasteiger partial charge in [-0.2, -0.15) is 0 Å². The van der Waals surface area contributed by atoms with Gasteiger partial charge in [0.15, 0.2) is 11.4 Å². The van der Waals surface area contributed by atoms with E-state index in [1.807, 2.05) is 6.07 Å². The predicted molar refractivity (Wildman–Crippen MR) is 129 cm³/mol. The second kappa shape index (κ2) is 10.3. The van der Waals surface area contributed by atoms with Crippen LogP contribution in [0.2, 0.25) is 0 Å². The molecule has 38 heavy (non-hydrogen) atoms. The molecule has 0 spiro atoms. The number of fused-ring (bicyclic) bond motifs is 4. The summed E-state index contributed by atoms with van der Waals surface area (Å²) >= 11 is 0. The molecule has 198 valence electrons. The topological polar surface area (TPSA) is 101 Å². The van der Waals surface area contributed by atoms with Crippen LogP contribution in [0, 0.1) is 17.5 Å². The average molecular weight is 527 g/mol. The lowest BCUT2D eigenvalue weighted by Gasteiger charge is -2.35. The molecular weight excluding hydrogens is 503 g/mol. The third-order valence-corrected chi connectivity index (χ3v) is 6.79. The molecule has 2 N–H and O–H groups in total.